The smallest absolute Gasteiger partial charge is 0.393 e. The van der Waals surface area contributed by atoms with Crippen LogP contribution in [0.3, 0.4) is 0 Å². The third-order valence-corrected chi connectivity index (χ3v) is 8.81. The number of hydrogen-bond acceptors (Lipinski definition) is 8. The lowest BCUT2D eigenvalue weighted by atomic mass is 10.1. The first-order chi connectivity index (χ1) is 20.2. The molecule has 0 unspecified atom stereocenters. The van der Waals surface area contributed by atoms with Crippen LogP contribution in [0, 0.1) is 17.7 Å². The molecule has 4 rings (SSSR count). The molecule has 1 aliphatic heterocycles. The Bertz CT molecular complexity index is 1660. The lowest BCUT2D eigenvalue weighted by Gasteiger charge is -2.24. The van der Waals surface area contributed by atoms with E-state index < -0.39 is 57.3 Å². The van der Waals surface area contributed by atoms with E-state index in [0.717, 1.165) is 31.1 Å². The Kier molecular flexibility index (Phi) is 9.98. The van der Waals surface area contributed by atoms with Crippen LogP contribution in [0.1, 0.15) is 30.2 Å². The fourth-order valence-corrected chi connectivity index (χ4v) is 6.64. The van der Waals surface area contributed by atoms with Crippen LogP contribution in [0.15, 0.2) is 35.2 Å². The van der Waals surface area contributed by atoms with E-state index in [1.54, 1.807) is 18.2 Å². The van der Waals surface area contributed by atoms with Gasteiger partial charge in [0.2, 0.25) is 5.91 Å². The summed E-state index contributed by atoms with van der Waals surface area (Å²) in [6.45, 7) is -1.77. The van der Waals surface area contributed by atoms with Gasteiger partial charge in [-0.15, -0.1) is 11.3 Å². The van der Waals surface area contributed by atoms with Gasteiger partial charge in [0.25, 0.3) is 10.0 Å². The van der Waals surface area contributed by atoms with Crippen molar-refractivity contribution >= 4 is 48.7 Å². The van der Waals surface area contributed by atoms with Gasteiger partial charge in [0.15, 0.2) is 5.75 Å². The minimum absolute atomic E-state index is 0.0177. The molecule has 232 valence electrons. The number of anilines is 2. The number of benzene rings is 2. The van der Waals surface area contributed by atoms with Gasteiger partial charge in [-0.1, -0.05) is 24.0 Å². The third kappa shape index (κ3) is 8.46. The SMILES string of the molecule is CC(=O)NS(=O)(=O)c1cc(OC(F)F)c(NCC#Cc2sc3c(NC4CCOCC4)cccc3c2CC(F)(F)F)cc1F. The van der Waals surface area contributed by atoms with Crippen LogP contribution in [0.2, 0.25) is 0 Å². The van der Waals surface area contributed by atoms with E-state index in [4.69, 9.17) is 4.74 Å². The molecule has 16 heteroatoms. The molecule has 43 heavy (non-hydrogen) atoms. The van der Waals surface area contributed by atoms with Crippen LogP contribution < -0.4 is 20.1 Å². The monoisotopic (exact) mass is 649 g/mol. The van der Waals surface area contributed by atoms with E-state index in [0.29, 0.717) is 41.1 Å². The molecule has 2 heterocycles. The zero-order valence-electron chi connectivity index (χ0n) is 22.4. The van der Waals surface area contributed by atoms with Gasteiger partial charge >= 0.3 is 12.8 Å². The number of thiophene rings is 1. The summed E-state index contributed by atoms with van der Waals surface area (Å²) < 4.78 is 118. The number of amides is 1. The summed E-state index contributed by atoms with van der Waals surface area (Å²) in [5, 5.41) is 6.29. The van der Waals surface area contributed by atoms with Crippen molar-refractivity contribution in [2.24, 2.45) is 0 Å². The molecule has 1 fully saturated rings. The topological polar surface area (TPSA) is 106 Å². The lowest BCUT2D eigenvalue weighted by Crippen LogP contribution is -2.29. The average Bonchev–Trinajstić information content (AvgIpc) is 3.24. The zero-order chi connectivity index (χ0) is 31.4. The van der Waals surface area contributed by atoms with E-state index in [1.807, 2.05) is 0 Å². The standard InChI is InChI=1S/C27H25F6N3O5S2/c1-15(37)36-43(38,39)24-13-22(41-26(29)30)21(12-19(24)28)34-9-3-6-23-18(14-27(31,32)33)17-4-2-5-20(25(17)42-23)35-16-7-10-40-11-8-16/h2,4-5,12-13,16,26,34-35H,7-11,14H2,1H3,(H,36,37). The van der Waals surface area contributed by atoms with Crippen LogP contribution in [0.4, 0.5) is 37.7 Å². The number of sulfonamides is 1. The van der Waals surface area contributed by atoms with Crippen LogP contribution in [-0.4, -0.2) is 52.9 Å². The van der Waals surface area contributed by atoms with Crippen LogP contribution in [0.25, 0.3) is 10.1 Å². The number of hydrogen-bond donors (Lipinski definition) is 3. The maximum absolute atomic E-state index is 14.7. The third-order valence-electron chi connectivity index (χ3n) is 6.16. The highest BCUT2D eigenvalue weighted by molar-refractivity contribution is 7.90. The summed E-state index contributed by atoms with van der Waals surface area (Å²) in [7, 11) is -4.73. The van der Waals surface area contributed by atoms with E-state index in [2.05, 4.69) is 27.2 Å². The van der Waals surface area contributed by atoms with Gasteiger partial charge in [0, 0.05) is 38.3 Å². The molecule has 0 radical (unpaired) electrons. The van der Waals surface area contributed by atoms with Crippen molar-refractivity contribution < 1.29 is 49.0 Å². The number of carbonyl (C=O) groups excluding carboxylic acids is 1. The molecule has 0 bridgehead atoms. The van der Waals surface area contributed by atoms with Crippen LogP contribution >= 0.6 is 11.3 Å². The second-order valence-electron chi connectivity index (χ2n) is 9.39. The Morgan fingerprint density at radius 3 is 2.56 bits per heavy atom. The fourth-order valence-electron chi connectivity index (χ4n) is 4.40. The van der Waals surface area contributed by atoms with Gasteiger partial charge < -0.3 is 20.1 Å². The molecule has 0 aliphatic carbocycles. The summed E-state index contributed by atoms with van der Waals surface area (Å²) >= 11 is 1.07. The molecule has 0 atom stereocenters. The van der Waals surface area contributed by atoms with Crippen molar-refractivity contribution in [3.63, 3.8) is 0 Å². The van der Waals surface area contributed by atoms with Gasteiger partial charge in [-0.05, 0) is 29.9 Å². The van der Waals surface area contributed by atoms with Crippen LogP contribution in [0.5, 0.6) is 5.75 Å². The minimum Gasteiger partial charge on any atom is -0.433 e. The Morgan fingerprint density at radius 1 is 1.19 bits per heavy atom. The molecule has 1 saturated heterocycles. The highest BCUT2D eigenvalue weighted by Gasteiger charge is 2.31. The van der Waals surface area contributed by atoms with Gasteiger partial charge in [-0.3, -0.25) is 4.79 Å². The Morgan fingerprint density at radius 2 is 1.91 bits per heavy atom. The number of nitrogens with one attached hydrogen (secondary N) is 3. The maximum Gasteiger partial charge on any atom is 0.393 e. The predicted molar refractivity (Wildman–Crippen MR) is 148 cm³/mol. The Hall–Kier alpha value is -3.68. The molecule has 2 aromatic carbocycles. The number of halogens is 6. The summed E-state index contributed by atoms with van der Waals surface area (Å²) in [6.07, 6.45) is -4.26. The number of carbonyl (C=O) groups is 1. The first-order valence-corrected chi connectivity index (χ1v) is 15.0. The number of ether oxygens (including phenoxy) is 2. The number of rotatable bonds is 9. The van der Waals surface area contributed by atoms with Crippen LogP contribution in [-0.2, 0) is 26.0 Å². The van der Waals surface area contributed by atoms with Crippen molar-refractivity contribution in [3.05, 3.63) is 46.6 Å². The lowest BCUT2D eigenvalue weighted by molar-refractivity contribution is -0.127. The van der Waals surface area contributed by atoms with E-state index in [-0.39, 0.29) is 23.0 Å². The quantitative estimate of drug-likeness (QED) is 0.204. The van der Waals surface area contributed by atoms with Crippen molar-refractivity contribution in [1.29, 1.82) is 0 Å². The molecule has 3 N–H and O–H groups in total. The van der Waals surface area contributed by atoms with Gasteiger partial charge in [-0.25, -0.2) is 17.5 Å². The first-order valence-electron chi connectivity index (χ1n) is 12.7. The minimum atomic E-state index is -4.73. The average molecular weight is 650 g/mol. The van der Waals surface area contributed by atoms with Gasteiger partial charge in [0.05, 0.1) is 33.9 Å². The first kappa shape index (κ1) is 32.2. The van der Waals surface area contributed by atoms with E-state index in [1.165, 1.54) is 4.72 Å². The van der Waals surface area contributed by atoms with Crippen molar-refractivity contribution in [2.75, 3.05) is 30.4 Å². The van der Waals surface area contributed by atoms with Gasteiger partial charge in [-0.2, -0.15) is 22.0 Å². The largest absolute Gasteiger partial charge is 0.433 e. The molecule has 0 spiro atoms. The molecular weight excluding hydrogens is 624 g/mol. The highest BCUT2D eigenvalue weighted by Crippen LogP contribution is 2.39. The van der Waals surface area contributed by atoms with Crippen molar-refractivity contribution in [2.45, 2.75) is 49.9 Å². The number of fused-ring (bicyclic) bond motifs is 1. The van der Waals surface area contributed by atoms with E-state index >= 15 is 0 Å². The van der Waals surface area contributed by atoms with Gasteiger partial charge in [0.1, 0.15) is 10.7 Å². The molecule has 1 aliphatic rings. The molecule has 1 aromatic heterocycles. The molecule has 3 aromatic rings. The fraction of sp³-hybridized carbons (Fsp3) is 0.370. The summed E-state index contributed by atoms with van der Waals surface area (Å²) in [5.41, 5.74) is 0.252. The summed E-state index contributed by atoms with van der Waals surface area (Å²) in [4.78, 5) is 10.2. The number of alkyl halides is 5. The van der Waals surface area contributed by atoms with Crippen molar-refractivity contribution in [1.82, 2.24) is 4.72 Å². The molecular formula is C27H25F6N3O5S2. The second kappa shape index (κ2) is 13.3. The van der Waals surface area contributed by atoms with Crippen molar-refractivity contribution in [3.8, 4) is 17.6 Å². The molecule has 0 saturated carbocycles. The summed E-state index contributed by atoms with van der Waals surface area (Å²) in [6, 6.07) is 6.15. The Labute approximate surface area is 246 Å². The normalized spacial score (nSPS) is 14.3. The Balaban J connectivity index is 1.63. The highest BCUT2D eigenvalue weighted by atomic mass is 32.2. The summed E-state index contributed by atoms with van der Waals surface area (Å²) in [5.74, 6) is 2.13. The maximum atomic E-state index is 14.7. The molecule has 8 nitrogen and oxygen atoms in total. The van der Waals surface area contributed by atoms with E-state index in [9.17, 15) is 39.6 Å². The second-order valence-corrected chi connectivity index (χ2v) is 12.1. The zero-order valence-corrected chi connectivity index (χ0v) is 24.0. The predicted octanol–water partition coefficient (Wildman–Crippen LogP) is 5.63. The molecule has 1 amide bonds.